The Morgan fingerprint density at radius 2 is 1.74 bits per heavy atom. The van der Waals surface area contributed by atoms with Crippen molar-refractivity contribution in [3.63, 3.8) is 0 Å². The standard InChI is InChI=1S/C24H21ClN4O4S/c1-15(29-16(2)26-21-12-5-3-10-19(21)24(29)31)23(30)27-17-8-7-9-18(14-17)34(32,33)28-22-13-6-4-11-20(22)25/h3-15,28H,1-2H3,(H,27,30). The normalized spacial score (nSPS) is 12.3. The van der Waals surface area contributed by atoms with E-state index in [4.69, 9.17) is 11.6 Å². The highest BCUT2D eigenvalue weighted by Crippen LogP contribution is 2.25. The van der Waals surface area contributed by atoms with Gasteiger partial charge in [-0.05, 0) is 56.3 Å². The van der Waals surface area contributed by atoms with Gasteiger partial charge in [0.15, 0.2) is 0 Å². The lowest BCUT2D eigenvalue weighted by molar-refractivity contribution is -0.118. The lowest BCUT2D eigenvalue weighted by atomic mass is 10.2. The average molecular weight is 497 g/mol. The van der Waals surface area contributed by atoms with Gasteiger partial charge in [0, 0.05) is 5.69 Å². The van der Waals surface area contributed by atoms with E-state index in [0.717, 1.165) is 0 Å². The minimum atomic E-state index is -3.96. The number of nitrogens with one attached hydrogen (secondary N) is 2. The van der Waals surface area contributed by atoms with Crippen LogP contribution in [0.5, 0.6) is 0 Å². The van der Waals surface area contributed by atoms with Gasteiger partial charge in [0.1, 0.15) is 11.9 Å². The molecule has 0 aliphatic rings. The summed E-state index contributed by atoms with van der Waals surface area (Å²) in [5.41, 5.74) is 0.730. The van der Waals surface area contributed by atoms with Gasteiger partial charge < -0.3 is 5.32 Å². The molecule has 10 heteroatoms. The number of nitrogens with zero attached hydrogens (tertiary/aromatic N) is 2. The van der Waals surface area contributed by atoms with Crippen LogP contribution < -0.4 is 15.6 Å². The molecule has 1 heterocycles. The smallest absolute Gasteiger partial charge is 0.262 e. The Labute approximate surface area is 201 Å². The van der Waals surface area contributed by atoms with Crippen LogP contribution in [0, 0.1) is 6.92 Å². The summed E-state index contributed by atoms with van der Waals surface area (Å²) in [5, 5.41) is 3.35. The van der Waals surface area contributed by atoms with Crippen LogP contribution in [0.25, 0.3) is 10.9 Å². The first-order valence-electron chi connectivity index (χ1n) is 10.3. The summed E-state index contributed by atoms with van der Waals surface area (Å²) in [6, 6.07) is 18.3. The summed E-state index contributed by atoms with van der Waals surface area (Å²) in [6.45, 7) is 3.24. The van der Waals surface area contributed by atoms with Crippen LogP contribution in [0.2, 0.25) is 5.02 Å². The summed E-state index contributed by atoms with van der Waals surface area (Å²) in [6.07, 6.45) is 0. The highest BCUT2D eigenvalue weighted by molar-refractivity contribution is 7.92. The second-order valence-electron chi connectivity index (χ2n) is 7.63. The molecule has 1 amide bonds. The fourth-order valence-corrected chi connectivity index (χ4v) is 4.93. The van der Waals surface area contributed by atoms with E-state index in [1.54, 1.807) is 68.4 Å². The first-order valence-corrected chi connectivity index (χ1v) is 12.2. The van der Waals surface area contributed by atoms with Gasteiger partial charge in [-0.15, -0.1) is 0 Å². The third kappa shape index (κ3) is 4.66. The van der Waals surface area contributed by atoms with Crippen molar-refractivity contribution in [1.82, 2.24) is 9.55 Å². The molecule has 1 aromatic heterocycles. The molecule has 0 bridgehead atoms. The van der Waals surface area contributed by atoms with Crippen LogP contribution >= 0.6 is 11.6 Å². The minimum absolute atomic E-state index is 0.0569. The molecule has 0 saturated heterocycles. The van der Waals surface area contributed by atoms with Crippen molar-refractivity contribution in [3.8, 4) is 0 Å². The van der Waals surface area contributed by atoms with Crippen LogP contribution in [0.4, 0.5) is 11.4 Å². The number of amides is 1. The molecular weight excluding hydrogens is 476 g/mol. The Morgan fingerprint density at radius 3 is 2.50 bits per heavy atom. The summed E-state index contributed by atoms with van der Waals surface area (Å²) in [4.78, 5) is 30.3. The minimum Gasteiger partial charge on any atom is -0.324 e. The average Bonchev–Trinajstić information content (AvgIpc) is 2.80. The number of aromatic nitrogens is 2. The largest absolute Gasteiger partial charge is 0.324 e. The molecule has 0 radical (unpaired) electrons. The topological polar surface area (TPSA) is 110 Å². The number of sulfonamides is 1. The molecule has 0 saturated carbocycles. The Morgan fingerprint density at radius 1 is 1.03 bits per heavy atom. The molecule has 8 nitrogen and oxygen atoms in total. The Balaban J connectivity index is 1.59. The van der Waals surface area contributed by atoms with Crippen molar-refractivity contribution in [3.05, 3.63) is 94.0 Å². The molecule has 0 aliphatic carbocycles. The second kappa shape index (κ2) is 9.28. The molecule has 4 aromatic rings. The van der Waals surface area contributed by atoms with Gasteiger partial charge in [-0.3, -0.25) is 18.9 Å². The first-order chi connectivity index (χ1) is 16.2. The van der Waals surface area contributed by atoms with Crippen molar-refractivity contribution in [2.45, 2.75) is 24.8 Å². The Bertz CT molecular complexity index is 1570. The van der Waals surface area contributed by atoms with Gasteiger partial charge in [0.05, 0.1) is 26.5 Å². The number of fused-ring (bicyclic) bond motifs is 1. The molecule has 0 aliphatic heterocycles. The van der Waals surface area contributed by atoms with E-state index in [0.29, 0.717) is 16.7 Å². The zero-order valence-electron chi connectivity index (χ0n) is 18.3. The van der Waals surface area contributed by atoms with Crippen molar-refractivity contribution >= 4 is 49.8 Å². The highest BCUT2D eigenvalue weighted by Gasteiger charge is 2.21. The van der Waals surface area contributed by atoms with Crippen molar-refractivity contribution in [2.24, 2.45) is 0 Å². The van der Waals surface area contributed by atoms with Crippen LogP contribution in [-0.2, 0) is 14.8 Å². The van der Waals surface area contributed by atoms with Gasteiger partial charge in [-0.25, -0.2) is 13.4 Å². The SMILES string of the molecule is Cc1nc2ccccc2c(=O)n1C(C)C(=O)Nc1cccc(S(=O)(=O)Nc2ccccc2Cl)c1. The summed E-state index contributed by atoms with van der Waals surface area (Å²) >= 11 is 6.06. The maximum atomic E-state index is 13.0. The molecular formula is C24H21ClN4O4S. The molecule has 1 unspecified atom stereocenters. The number of anilines is 2. The number of carbonyl (C=O) groups excluding carboxylic acids is 1. The van der Waals surface area contributed by atoms with Gasteiger partial charge in [0.2, 0.25) is 5.91 Å². The third-order valence-electron chi connectivity index (χ3n) is 5.28. The summed E-state index contributed by atoms with van der Waals surface area (Å²) < 4.78 is 29.4. The summed E-state index contributed by atoms with van der Waals surface area (Å²) in [5.74, 6) is -0.0949. The molecule has 0 fully saturated rings. The molecule has 2 N–H and O–H groups in total. The van der Waals surface area contributed by atoms with E-state index in [9.17, 15) is 18.0 Å². The number of aryl methyl sites for hydroxylation is 1. The van der Waals surface area contributed by atoms with Gasteiger partial charge >= 0.3 is 0 Å². The predicted molar refractivity (Wildman–Crippen MR) is 133 cm³/mol. The zero-order chi connectivity index (χ0) is 24.5. The summed E-state index contributed by atoms with van der Waals surface area (Å²) in [7, 11) is -3.96. The molecule has 3 aromatic carbocycles. The Hall–Kier alpha value is -3.69. The lowest BCUT2D eigenvalue weighted by Crippen LogP contribution is -2.33. The van der Waals surface area contributed by atoms with Crippen molar-refractivity contribution in [2.75, 3.05) is 10.0 Å². The fraction of sp³-hybridized carbons (Fsp3) is 0.125. The number of hydrogen-bond acceptors (Lipinski definition) is 5. The lowest BCUT2D eigenvalue weighted by Gasteiger charge is -2.18. The van der Waals surface area contributed by atoms with Crippen molar-refractivity contribution < 1.29 is 13.2 Å². The Kier molecular flexibility index (Phi) is 6.41. The van der Waals surface area contributed by atoms with Crippen molar-refractivity contribution in [1.29, 1.82) is 0 Å². The van der Waals surface area contributed by atoms with E-state index in [1.165, 1.54) is 22.8 Å². The van der Waals surface area contributed by atoms with E-state index in [-0.39, 0.29) is 26.9 Å². The van der Waals surface area contributed by atoms with Crippen LogP contribution in [0.1, 0.15) is 18.8 Å². The number of hydrogen-bond donors (Lipinski definition) is 2. The molecule has 174 valence electrons. The highest BCUT2D eigenvalue weighted by atomic mass is 35.5. The number of rotatable bonds is 6. The zero-order valence-corrected chi connectivity index (χ0v) is 19.9. The van der Waals surface area contributed by atoms with Gasteiger partial charge in [0.25, 0.3) is 15.6 Å². The van der Waals surface area contributed by atoms with Crippen LogP contribution in [0.15, 0.2) is 82.5 Å². The second-order valence-corrected chi connectivity index (χ2v) is 9.72. The van der Waals surface area contributed by atoms with Gasteiger partial charge in [-0.1, -0.05) is 41.9 Å². The quantitative estimate of drug-likeness (QED) is 0.412. The van der Waals surface area contributed by atoms with E-state index < -0.39 is 22.0 Å². The maximum Gasteiger partial charge on any atom is 0.262 e. The monoisotopic (exact) mass is 496 g/mol. The fourth-order valence-electron chi connectivity index (χ4n) is 3.57. The molecule has 4 rings (SSSR count). The number of halogens is 1. The predicted octanol–water partition coefficient (Wildman–Crippen LogP) is 4.36. The number of benzene rings is 3. The molecule has 34 heavy (non-hydrogen) atoms. The maximum absolute atomic E-state index is 13.0. The van der Waals surface area contributed by atoms with E-state index in [1.807, 2.05) is 0 Å². The molecule has 1 atom stereocenters. The first kappa shape index (κ1) is 23.5. The van der Waals surface area contributed by atoms with E-state index in [2.05, 4.69) is 15.0 Å². The molecule has 0 spiro atoms. The number of carbonyl (C=O) groups is 1. The van der Waals surface area contributed by atoms with Crippen LogP contribution in [0.3, 0.4) is 0 Å². The van der Waals surface area contributed by atoms with Gasteiger partial charge in [-0.2, -0.15) is 0 Å². The van der Waals surface area contributed by atoms with Crippen LogP contribution in [-0.4, -0.2) is 23.9 Å². The number of para-hydroxylation sites is 2. The third-order valence-corrected chi connectivity index (χ3v) is 6.97. The van der Waals surface area contributed by atoms with E-state index >= 15 is 0 Å².